The number of fused-ring (bicyclic) bond motifs is 5. The molecule has 3 aromatic carbocycles. The van der Waals surface area contributed by atoms with Crippen molar-refractivity contribution < 1.29 is 19.2 Å². The van der Waals surface area contributed by atoms with Crippen LogP contribution in [-0.4, -0.2) is 35.3 Å². The summed E-state index contributed by atoms with van der Waals surface area (Å²) in [6.45, 7) is 2.95. The zero-order chi connectivity index (χ0) is 26.1. The number of hydrogen-bond acceptors (Lipinski definition) is 5. The second kappa shape index (κ2) is 8.35. The molecule has 7 heteroatoms. The van der Waals surface area contributed by atoms with E-state index in [2.05, 4.69) is 21.2 Å². The zero-order valence-electron chi connectivity index (χ0n) is 20.2. The summed E-state index contributed by atoms with van der Waals surface area (Å²) in [4.78, 5) is 56.0. The van der Waals surface area contributed by atoms with Crippen LogP contribution >= 0.6 is 15.9 Å². The van der Waals surface area contributed by atoms with E-state index < -0.39 is 23.4 Å². The van der Waals surface area contributed by atoms with Crippen molar-refractivity contribution in [2.75, 3.05) is 10.2 Å². The monoisotopic (exact) mass is 554 g/mol. The molecule has 1 spiro atoms. The first-order valence-electron chi connectivity index (χ1n) is 12.1. The molecule has 1 fully saturated rings. The molecule has 1 aliphatic carbocycles. The minimum absolute atomic E-state index is 0.141. The zero-order valence-corrected chi connectivity index (χ0v) is 21.8. The third kappa shape index (κ3) is 3.16. The van der Waals surface area contributed by atoms with Gasteiger partial charge in [0.15, 0.2) is 17.3 Å². The van der Waals surface area contributed by atoms with Crippen LogP contribution in [0.2, 0.25) is 0 Å². The number of halogens is 1. The molecule has 0 aromatic heterocycles. The van der Waals surface area contributed by atoms with Gasteiger partial charge in [0.25, 0.3) is 0 Å². The van der Waals surface area contributed by atoms with Crippen LogP contribution in [0.5, 0.6) is 0 Å². The number of nitrogens with zero attached hydrogens (tertiary/aromatic N) is 1. The predicted octanol–water partition coefficient (Wildman–Crippen LogP) is 5.43. The van der Waals surface area contributed by atoms with Gasteiger partial charge in [0.2, 0.25) is 5.91 Å². The van der Waals surface area contributed by atoms with Crippen LogP contribution in [0.3, 0.4) is 0 Å². The smallest absolute Gasteiger partial charge is 0.221 e. The molecule has 6 nitrogen and oxygen atoms in total. The lowest BCUT2D eigenvalue weighted by molar-refractivity contribution is -0.118. The van der Waals surface area contributed by atoms with E-state index in [1.807, 2.05) is 53.5 Å². The average Bonchev–Trinajstić information content (AvgIpc) is 3.31. The van der Waals surface area contributed by atoms with Gasteiger partial charge < -0.3 is 10.2 Å². The number of benzene rings is 3. The number of amides is 1. The van der Waals surface area contributed by atoms with Crippen molar-refractivity contribution in [3.8, 4) is 0 Å². The molecule has 184 valence electrons. The lowest BCUT2D eigenvalue weighted by atomic mass is 9.64. The van der Waals surface area contributed by atoms with E-state index in [-0.39, 0.29) is 23.3 Å². The van der Waals surface area contributed by atoms with Gasteiger partial charge >= 0.3 is 0 Å². The van der Waals surface area contributed by atoms with E-state index in [0.29, 0.717) is 22.5 Å². The van der Waals surface area contributed by atoms with Gasteiger partial charge in [0.1, 0.15) is 5.41 Å². The molecule has 3 atom stereocenters. The van der Waals surface area contributed by atoms with Crippen LogP contribution in [0.25, 0.3) is 6.08 Å². The van der Waals surface area contributed by atoms with Crippen molar-refractivity contribution in [3.05, 3.63) is 99.5 Å². The summed E-state index contributed by atoms with van der Waals surface area (Å²) in [6.07, 6.45) is 3.71. The lowest BCUT2D eigenvalue weighted by Gasteiger charge is -2.37. The van der Waals surface area contributed by atoms with Crippen LogP contribution in [0, 0.1) is 5.41 Å². The first kappa shape index (κ1) is 23.6. The maximum atomic E-state index is 14.4. The molecule has 3 aromatic rings. The van der Waals surface area contributed by atoms with Gasteiger partial charge in [-0.05, 0) is 36.8 Å². The minimum atomic E-state index is -1.51. The number of nitrogens with one attached hydrogen (secondary N) is 1. The SMILES string of the molecule is CC(=O)Nc1cccc2c1C=C[C@H]1N2[C@@H](C(C)=O)[C@H](c2ccc(Br)cc2)C12C(=O)c1ccccc1C2=O. The third-order valence-electron chi connectivity index (χ3n) is 7.80. The first-order valence-corrected chi connectivity index (χ1v) is 12.9. The first-order chi connectivity index (χ1) is 17.8. The number of rotatable bonds is 3. The van der Waals surface area contributed by atoms with Crippen molar-refractivity contribution in [2.24, 2.45) is 5.41 Å². The Morgan fingerprint density at radius 2 is 1.54 bits per heavy atom. The third-order valence-corrected chi connectivity index (χ3v) is 8.33. The summed E-state index contributed by atoms with van der Waals surface area (Å²) in [5.41, 5.74) is 2.08. The Labute approximate surface area is 222 Å². The van der Waals surface area contributed by atoms with Gasteiger partial charge in [-0.3, -0.25) is 19.2 Å². The summed E-state index contributed by atoms with van der Waals surface area (Å²) in [5.74, 6) is -1.58. The second-order valence-electron chi connectivity index (χ2n) is 9.79. The summed E-state index contributed by atoms with van der Waals surface area (Å²) in [6, 6.07) is 18.5. The molecular weight excluding hydrogens is 532 g/mol. The van der Waals surface area contributed by atoms with Gasteiger partial charge in [0.05, 0.1) is 17.8 Å². The van der Waals surface area contributed by atoms with Crippen LogP contribution in [0.1, 0.15) is 51.6 Å². The largest absolute Gasteiger partial charge is 0.352 e. The highest BCUT2D eigenvalue weighted by Crippen LogP contribution is 2.61. The fraction of sp³-hybridized carbons (Fsp3) is 0.200. The van der Waals surface area contributed by atoms with Gasteiger partial charge in [-0.1, -0.05) is 70.5 Å². The van der Waals surface area contributed by atoms with Gasteiger partial charge in [-0.25, -0.2) is 0 Å². The van der Waals surface area contributed by atoms with E-state index in [0.717, 1.165) is 15.6 Å². The molecule has 37 heavy (non-hydrogen) atoms. The lowest BCUT2D eigenvalue weighted by Crippen LogP contribution is -2.48. The number of ketones is 3. The van der Waals surface area contributed by atoms with Gasteiger partial charge in [-0.15, -0.1) is 0 Å². The van der Waals surface area contributed by atoms with Crippen LogP contribution in [-0.2, 0) is 9.59 Å². The number of carbonyl (C=O) groups is 4. The standard InChI is InChI=1S/C30H23BrN2O4/c1-16(34)27-26(18-10-12-19(31)13-11-18)30(28(36)20-6-3-4-7-21(20)29(30)37)25-15-14-22-23(32-17(2)35)8-5-9-24(22)33(25)27/h3-15,25-27H,1-2H3,(H,32,35)/t25-,26+,27+/m1/s1. The van der Waals surface area contributed by atoms with E-state index in [1.54, 1.807) is 30.3 Å². The molecule has 3 aliphatic rings. The Morgan fingerprint density at radius 1 is 0.892 bits per heavy atom. The summed E-state index contributed by atoms with van der Waals surface area (Å²) >= 11 is 3.47. The molecule has 1 N–H and O–H groups in total. The molecule has 1 amide bonds. The highest BCUT2D eigenvalue weighted by molar-refractivity contribution is 9.10. The van der Waals surface area contributed by atoms with Crippen LogP contribution < -0.4 is 10.2 Å². The molecule has 0 unspecified atom stereocenters. The molecule has 6 rings (SSSR count). The number of carbonyl (C=O) groups excluding carboxylic acids is 4. The van der Waals surface area contributed by atoms with Crippen molar-refractivity contribution in [2.45, 2.75) is 31.8 Å². The highest BCUT2D eigenvalue weighted by atomic mass is 79.9. The Balaban J connectivity index is 1.65. The molecule has 0 bridgehead atoms. The summed E-state index contributed by atoms with van der Waals surface area (Å²) in [7, 11) is 0. The van der Waals surface area contributed by atoms with Gasteiger partial charge in [0, 0.05) is 39.7 Å². The topological polar surface area (TPSA) is 83.6 Å². The molecular formula is C30H23BrN2O4. The normalized spacial score (nSPS) is 22.6. The quantitative estimate of drug-likeness (QED) is 0.436. The Kier molecular flexibility index (Phi) is 5.31. The molecule has 0 radical (unpaired) electrons. The van der Waals surface area contributed by atoms with Crippen LogP contribution in [0.4, 0.5) is 11.4 Å². The number of hydrogen-bond donors (Lipinski definition) is 1. The molecule has 2 heterocycles. The minimum Gasteiger partial charge on any atom is -0.352 e. The van der Waals surface area contributed by atoms with Crippen molar-refractivity contribution in [1.82, 2.24) is 0 Å². The average molecular weight is 555 g/mol. The fourth-order valence-corrected chi connectivity index (χ4v) is 6.76. The highest BCUT2D eigenvalue weighted by Gasteiger charge is 2.71. The van der Waals surface area contributed by atoms with E-state index in [9.17, 15) is 19.2 Å². The van der Waals surface area contributed by atoms with E-state index >= 15 is 0 Å². The fourth-order valence-electron chi connectivity index (χ4n) is 6.49. The summed E-state index contributed by atoms with van der Waals surface area (Å²) < 4.78 is 0.859. The maximum Gasteiger partial charge on any atom is 0.221 e. The van der Waals surface area contributed by atoms with Crippen molar-refractivity contribution >= 4 is 56.6 Å². The molecule has 2 aliphatic heterocycles. The molecule has 0 saturated carbocycles. The van der Waals surface area contributed by atoms with Crippen molar-refractivity contribution in [1.29, 1.82) is 0 Å². The Morgan fingerprint density at radius 3 is 2.14 bits per heavy atom. The number of anilines is 2. The van der Waals surface area contributed by atoms with E-state index in [4.69, 9.17) is 0 Å². The predicted molar refractivity (Wildman–Crippen MR) is 145 cm³/mol. The Bertz CT molecular complexity index is 1510. The second-order valence-corrected chi connectivity index (χ2v) is 10.7. The maximum absolute atomic E-state index is 14.4. The summed E-state index contributed by atoms with van der Waals surface area (Å²) in [5, 5.41) is 2.86. The van der Waals surface area contributed by atoms with Gasteiger partial charge in [-0.2, -0.15) is 0 Å². The Hall–Kier alpha value is -3.84. The van der Waals surface area contributed by atoms with Crippen LogP contribution in [0.15, 0.2) is 77.3 Å². The van der Waals surface area contributed by atoms with E-state index in [1.165, 1.54) is 13.8 Å². The van der Waals surface area contributed by atoms with Crippen molar-refractivity contribution in [3.63, 3.8) is 0 Å². The molecule has 1 saturated heterocycles. The number of Topliss-reactive ketones (excluding diaryl/α,β-unsaturated/α-hetero) is 3.